The van der Waals surface area contributed by atoms with Gasteiger partial charge in [-0.15, -0.1) is 11.3 Å². The van der Waals surface area contributed by atoms with Gasteiger partial charge < -0.3 is 9.94 Å². The molecule has 1 rings (SSSR count). The van der Waals surface area contributed by atoms with Crippen LogP contribution in [-0.4, -0.2) is 24.0 Å². The maximum atomic E-state index is 10.6. The van der Waals surface area contributed by atoms with Crippen molar-refractivity contribution in [3.05, 3.63) is 21.9 Å². The highest BCUT2D eigenvalue weighted by molar-refractivity contribution is 7.10. The van der Waals surface area contributed by atoms with E-state index >= 15 is 0 Å². The van der Waals surface area contributed by atoms with Gasteiger partial charge in [-0.25, -0.2) is 0 Å². The average molecular weight is 213 g/mol. The lowest BCUT2D eigenvalue weighted by molar-refractivity contribution is 0.112. The Labute approximate surface area is 85.8 Å². The van der Waals surface area contributed by atoms with Crippen LogP contribution in [0, 0.1) is 0 Å². The Morgan fingerprint density at radius 2 is 2.57 bits per heavy atom. The van der Waals surface area contributed by atoms with Gasteiger partial charge in [-0.05, 0) is 18.4 Å². The Morgan fingerprint density at radius 1 is 1.79 bits per heavy atom. The van der Waals surface area contributed by atoms with Crippen molar-refractivity contribution in [2.75, 3.05) is 6.61 Å². The molecule has 0 aliphatic carbocycles. The van der Waals surface area contributed by atoms with Crippen molar-refractivity contribution in [2.24, 2.45) is 5.16 Å². The van der Waals surface area contributed by atoms with Gasteiger partial charge in [0, 0.05) is 10.4 Å². The first kappa shape index (κ1) is 10.7. The van der Waals surface area contributed by atoms with Gasteiger partial charge in [0.05, 0.1) is 13.0 Å². The van der Waals surface area contributed by atoms with Crippen LogP contribution in [0.5, 0.6) is 0 Å². The largest absolute Gasteiger partial charge is 0.479 e. The van der Waals surface area contributed by atoms with Crippen molar-refractivity contribution in [1.29, 1.82) is 0 Å². The highest BCUT2D eigenvalue weighted by atomic mass is 32.1. The molecule has 0 aliphatic heterocycles. The minimum Gasteiger partial charge on any atom is -0.479 e. The number of nitrogens with zero attached hydrogens (tertiary/aromatic N) is 1. The second-order valence-corrected chi connectivity index (χ2v) is 3.52. The van der Waals surface area contributed by atoms with Crippen LogP contribution < -0.4 is 0 Å². The zero-order chi connectivity index (χ0) is 10.4. The molecule has 5 heteroatoms. The summed E-state index contributed by atoms with van der Waals surface area (Å²) >= 11 is 1.44. The monoisotopic (exact) mass is 213 g/mol. The van der Waals surface area contributed by atoms with Crippen molar-refractivity contribution in [1.82, 2.24) is 0 Å². The van der Waals surface area contributed by atoms with E-state index in [0.29, 0.717) is 18.6 Å². The van der Waals surface area contributed by atoms with Crippen LogP contribution in [0.3, 0.4) is 0 Å². The van der Waals surface area contributed by atoms with E-state index in [1.807, 2.05) is 5.38 Å². The van der Waals surface area contributed by atoms with Crippen LogP contribution in [0.25, 0.3) is 0 Å². The summed E-state index contributed by atoms with van der Waals surface area (Å²) in [5.74, 6) is 0.234. The van der Waals surface area contributed by atoms with E-state index in [0.717, 1.165) is 11.2 Å². The van der Waals surface area contributed by atoms with Gasteiger partial charge in [0.2, 0.25) is 5.90 Å². The Morgan fingerprint density at radius 3 is 3.14 bits per heavy atom. The number of thiophene rings is 1. The van der Waals surface area contributed by atoms with Crippen LogP contribution in [0.4, 0.5) is 0 Å². The minimum absolute atomic E-state index is 0.234. The number of ether oxygens (including phenoxy) is 1. The minimum atomic E-state index is 0.234. The van der Waals surface area contributed by atoms with Gasteiger partial charge in [-0.3, -0.25) is 4.79 Å². The third kappa shape index (κ3) is 2.56. The van der Waals surface area contributed by atoms with Crippen molar-refractivity contribution in [3.8, 4) is 0 Å². The zero-order valence-electron chi connectivity index (χ0n) is 7.77. The third-order valence-corrected chi connectivity index (χ3v) is 2.58. The summed E-state index contributed by atoms with van der Waals surface area (Å²) in [6.07, 6.45) is 1.14. The summed E-state index contributed by atoms with van der Waals surface area (Å²) in [7, 11) is 0. The molecule has 1 N–H and O–H groups in total. The van der Waals surface area contributed by atoms with Gasteiger partial charge in [0.15, 0.2) is 6.29 Å². The number of hydrogen-bond donors (Lipinski definition) is 1. The second kappa shape index (κ2) is 5.39. The molecule has 1 aromatic rings. The van der Waals surface area contributed by atoms with E-state index in [-0.39, 0.29) is 5.90 Å². The van der Waals surface area contributed by atoms with Crippen LogP contribution in [0.15, 0.2) is 16.6 Å². The summed E-state index contributed by atoms with van der Waals surface area (Å²) in [5, 5.41) is 13.4. The lowest BCUT2D eigenvalue weighted by Gasteiger charge is -2.03. The molecule has 0 radical (unpaired) electrons. The smallest absolute Gasteiger partial charge is 0.230 e. The lowest BCUT2D eigenvalue weighted by atomic mass is 10.2. The summed E-state index contributed by atoms with van der Waals surface area (Å²) < 4.78 is 5.05. The normalized spacial score (nSPS) is 11.4. The van der Waals surface area contributed by atoms with Crippen molar-refractivity contribution < 1.29 is 14.7 Å². The van der Waals surface area contributed by atoms with E-state index < -0.39 is 0 Å². The highest BCUT2D eigenvalue weighted by Crippen LogP contribution is 2.16. The molecule has 0 fully saturated rings. The fourth-order valence-corrected chi connectivity index (χ4v) is 1.86. The maximum absolute atomic E-state index is 10.6. The zero-order valence-corrected chi connectivity index (χ0v) is 8.58. The Bertz CT molecular complexity index is 333. The highest BCUT2D eigenvalue weighted by Gasteiger charge is 2.08. The number of oxime groups is 1. The number of rotatable bonds is 4. The fourth-order valence-electron chi connectivity index (χ4n) is 1.02. The molecule has 0 aliphatic rings. The molecule has 0 bridgehead atoms. The van der Waals surface area contributed by atoms with Gasteiger partial charge in [-0.2, -0.15) is 0 Å². The van der Waals surface area contributed by atoms with E-state index in [2.05, 4.69) is 5.16 Å². The maximum Gasteiger partial charge on any atom is 0.230 e. The molecular formula is C9H11NO3S. The van der Waals surface area contributed by atoms with Crippen molar-refractivity contribution in [2.45, 2.75) is 13.3 Å². The third-order valence-electron chi connectivity index (χ3n) is 1.64. The van der Waals surface area contributed by atoms with E-state index in [4.69, 9.17) is 9.94 Å². The molecule has 0 saturated carbocycles. The summed E-state index contributed by atoms with van der Waals surface area (Å²) in [6.45, 7) is 2.25. The lowest BCUT2D eigenvalue weighted by Crippen LogP contribution is -2.08. The van der Waals surface area contributed by atoms with Crippen LogP contribution in [-0.2, 0) is 11.2 Å². The summed E-state index contributed by atoms with van der Waals surface area (Å²) in [5.41, 5.74) is 0.621. The molecule has 1 aromatic heterocycles. The van der Waals surface area contributed by atoms with E-state index in [9.17, 15) is 4.79 Å². The standard InChI is InChI=1S/C9H11NO3S/c1-2-13-9(10-12)5-8-7(6-11)3-4-14-8/h3-4,6,12H,2,5H2,1H3. The first-order valence-corrected chi connectivity index (χ1v) is 5.05. The molecule has 0 unspecified atom stereocenters. The molecule has 76 valence electrons. The summed E-state index contributed by atoms with van der Waals surface area (Å²) in [6, 6.07) is 1.73. The molecular weight excluding hydrogens is 202 g/mol. The molecule has 0 atom stereocenters. The van der Waals surface area contributed by atoms with Crippen LogP contribution in [0.1, 0.15) is 22.2 Å². The first-order valence-electron chi connectivity index (χ1n) is 4.17. The van der Waals surface area contributed by atoms with Gasteiger partial charge in [-0.1, -0.05) is 5.16 Å². The average Bonchev–Trinajstić information content (AvgIpc) is 2.64. The number of hydrogen-bond acceptors (Lipinski definition) is 5. The SMILES string of the molecule is CCOC(Cc1sccc1C=O)=NO. The van der Waals surface area contributed by atoms with Gasteiger partial charge >= 0.3 is 0 Å². The molecule has 0 aromatic carbocycles. The molecule has 14 heavy (non-hydrogen) atoms. The van der Waals surface area contributed by atoms with E-state index in [1.54, 1.807) is 13.0 Å². The summed E-state index contributed by atoms with van der Waals surface area (Å²) in [4.78, 5) is 11.4. The van der Waals surface area contributed by atoms with Crippen molar-refractivity contribution >= 4 is 23.5 Å². The Hall–Kier alpha value is -1.36. The van der Waals surface area contributed by atoms with Crippen LogP contribution in [0.2, 0.25) is 0 Å². The number of aldehydes is 1. The second-order valence-electron chi connectivity index (χ2n) is 2.52. The molecule has 0 spiro atoms. The number of carbonyl (C=O) groups excluding carboxylic acids is 1. The number of carbonyl (C=O) groups is 1. The molecule has 4 nitrogen and oxygen atoms in total. The quantitative estimate of drug-likeness (QED) is 0.273. The molecule has 0 saturated heterocycles. The molecule has 0 amide bonds. The predicted octanol–water partition coefficient (Wildman–Crippen LogP) is 1.93. The Kier molecular flexibility index (Phi) is 4.12. The Balaban J connectivity index is 2.71. The van der Waals surface area contributed by atoms with E-state index in [1.165, 1.54) is 11.3 Å². The predicted molar refractivity (Wildman–Crippen MR) is 54.3 cm³/mol. The van der Waals surface area contributed by atoms with Gasteiger partial charge in [0.1, 0.15) is 0 Å². The topological polar surface area (TPSA) is 58.9 Å². The first-order chi connectivity index (χ1) is 6.81. The van der Waals surface area contributed by atoms with Gasteiger partial charge in [0.25, 0.3) is 0 Å². The van der Waals surface area contributed by atoms with Crippen LogP contribution >= 0.6 is 11.3 Å². The van der Waals surface area contributed by atoms with Crippen molar-refractivity contribution in [3.63, 3.8) is 0 Å². The molecule has 1 heterocycles. The fraction of sp³-hybridized carbons (Fsp3) is 0.333.